The molecule has 0 saturated heterocycles. The first-order valence-corrected chi connectivity index (χ1v) is 2.50. The molecule has 0 fully saturated rings. The average Bonchev–Trinajstić information content (AvgIpc) is 1.89. The third kappa shape index (κ3) is 4.52. The maximum Gasteiger partial charge on any atom is 0.304 e. The van der Waals surface area contributed by atoms with Gasteiger partial charge in [-0.25, -0.2) is 0 Å². The molecule has 0 unspecified atom stereocenters. The third-order valence-corrected chi connectivity index (χ3v) is 0.965. The van der Waals surface area contributed by atoms with Crippen LogP contribution in [0.3, 0.4) is 0 Å². The van der Waals surface area contributed by atoms with Crippen LogP contribution < -0.4 is 0 Å². The van der Waals surface area contributed by atoms with Crippen molar-refractivity contribution in [2.24, 2.45) is 0 Å². The second-order valence-electron chi connectivity index (χ2n) is 1.55. The van der Waals surface area contributed by atoms with Crippen LogP contribution in [-0.2, 0) is 40.4 Å². The van der Waals surface area contributed by atoms with Gasteiger partial charge in [0, 0.05) is 47.5 Å². The summed E-state index contributed by atoms with van der Waals surface area (Å²) < 4.78 is 13.7. The zero-order valence-electron chi connectivity index (χ0n) is 6.38. The molecule has 0 amide bonds. The van der Waals surface area contributed by atoms with Gasteiger partial charge in [-0.1, -0.05) is 0 Å². The van der Waals surface area contributed by atoms with Crippen LogP contribution >= 0.6 is 0 Å². The van der Waals surface area contributed by atoms with Gasteiger partial charge >= 0.3 is 5.97 Å². The number of rotatable bonds is 4. The van der Waals surface area contributed by atoms with Crippen LogP contribution in [0.15, 0.2) is 0 Å². The summed E-state index contributed by atoms with van der Waals surface area (Å²) in [6, 6.07) is 0. The van der Waals surface area contributed by atoms with E-state index in [9.17, 15) is 0 Å². The van der Waals surface area contributed by atoms with E-state index >= 15 is 0 Å². The van der Waals surface area contributed by atoms with Crippen molar-refractivity contribution >= 4 is 0 Å². The fourth-order valence-electron chi connectivity index (χ4n) is 0.384. The summed E-state index contributed by atoms with van der Waals surface area (Å²) >= 11 is 0. The predicted octanol–water partition coefficient (Wildman–Crippen LogP) is -0.431. The first-order chi connectivity index (χ1) is 4.18. The summed E-state index contributed by atoms with van der Waals surface area (Å²) in [6.45, 7) is 0. The number of ether oxygens (including phenoxy) is 3. The fourth-order valence-corrected chi connectivity index (χ4v) is 0.384. The number of hydrogen-bond acceptors (Lipinski definition) is 4. The Kier molecular flexibility index (Phi) is 8.57. The van der Waals surface area contributed by atoms with Gasteiger partial charge in [0.15, 0.2) is 0 Å². The van der Waals surface area contributed by atoms with Crippen molar-refractivity contribution in [2.75, 3.05) is 27.9 Å². The van der Waals surface area contributed by atoms with Crippen LogP contribution in [0.2, 0.25) is 0 Å². The van der Waals surface area contributed by atoms with E-state index in [2.05, 4.69) is 14.2 Å². The summed E-state index contributed by atoms with van der Waals surface area (Å²) in [5, 5.41) is 9.06. The van der Waals surface area contributed by atoms with Crippen molar-refractivity contribution in [2.45, 2.75) is 5.97 Å². The van der Waals surface area contributed by atoms with Gasteiger partial charge < -0.3 is 19.3 Å². The van der Waals surface area contributed by atoms with Crippen LogP contribution in [-0.4, -0.2) is 39.0 Å². The van der Waals surface area contributed by atoms with E-state index in [-0.39, 0.29) is 32.8 Å². The zero-order chi connectivity index (χ0) is 7.33. The normalized spacial score (nSPS) is 10.8. The smallest absolute Gasteiger partial charge is 0.304 e. The SMILES string of the molecule is COCC(O)(OC)OC.[Zr]. The minimum Gasteiger partial charge on any atom is -0.376 e. The molecule has 0 aliphatic heterocycles. The zero-order valence-corrected chi connectivity index (χ0v) is 8.84. The molecule has 0 aliphatic carbocycles. The van der Waals surface area contributed by atoms with E-state index in [0.29, 0.717) is 0 Å². The van der Waals surface area contributed by atoms with Gasteiger partial charge in [0.1, 0.15) is 6.61 Å². The van der Waals surface area contributed by atoms with Gasteiger partial charge in [-0.3, -0.25) is 0 Å². The molecule has 0 saturated carbocycles. The molecule has 0 spiro atoms. The molecule has 0 aromatic rings. The van der Waals surface area contributed by atoms with Gasteiger partial charge in [-0.2, -0.15) is 0 Å². The monoisotopic (exact) mass is 226 g/mol. The van der Waals surface area contributed by atoms with Crippen LogP contribution in [0.5, 0.6) is 0 Å². The van der Waals surface area contributed by atoms with E-state index in [0.717, 1.165) is 0 Å². The Balaban J connectivity index is 0. The second-order valence-corrected chi connectivity index (χ2v) is 1.55. The summed E-state index contributed by atoms with van der Waals surface area (Å²) in [5.74, 6) is -1.59. The van der Waals surface area contributed by atoms with Crippen LogP contribution in [0, 0.1) is 0 Å². The van der Waals surface area contributed by atoms with Crippen molar-refractivity contribution in [1.29, 1.82) is 0 Å². The van der Waals surface area contributed by atoms with Gasteiger partial charge in [-0.15, -0.1) is 0 Å². The van der Waals surface area contributed by atoms with Crippen molar-refractivity contribution in [3.8, 4) is 0 Å². The third-order valence-electron chi connectivity index (χ3n) is 0.965. The average molecular weight is 227 g/mol. The summed E-state index contributed by atoms with van der Waals surface area (Å²) in [6.07, 6.45) is 0. The molecular formula is C5H12O4Zr. The number of aliphatic hydroxyl groups is 1. The first kappa shape index (κ1) is 13.3. The largest absolute Gasteiger partial charge is 0.376 e. The van der Waals surface area contributed by atoms with Crippen LogP contribution in [0.1, 0.15) is 0 Å². The maximum absolute atomic E-state index is 9.06. The predicted molar refractivity (Wildman–Crippen MR) is 30.8 cm³/mol. The molecule has 10 heavy (non-hydrogen) atoms. The van der Waals surface area contributed by atoms with Gasteiger partial charge in [0.05, 0.1) is 0 Å². The maximum atomic E-state index is 9.06. The van der Waals surface area contributed by atoms with Gasteiger partial charge in [0.2, 0.25) is 0 Å². The molecule has 0 bridgehead atoms. The molecule has 0 aliphatic rings. The van der Waals surface area contributed by atoms with Crippen molar-refractivity contribution in [3.63, 3.8) is 0 Å². The molecule has 0 radical (unpaired) electrons. The summed E-state index contributed by atoms with van der Waals surface area (Å²) in [4.78, 5) is 0. The molecule has 4 nitrogen and oxygen atoms in total. The Morgan fingerprint density at radius 1 is 1.20 bits per heavy atom. The van der Waals surface area contributed by atoms with E-state index in [1.54, 1.807) is 0 Å². The van der Waals surface area contributed by atoms with Crippen LogP contribution in [0.25, 0.3) is 0 Å². The Labute approximate surface area is 79.6 Å². The van der Waals surface area contributed by atoms with Crippen molar-refractivity contribution in [1.82, 2.24) is 0 Å². The Hall–Kier alpha value is 0.723. The minimum atomic E-state index is -1.59. The molecule has 1 N–H and O–H groups in total. The molecule has 0 atom stereocenters. The number of methoxy groups -OCH3 is 3. The molecule has 0 rings (SSSR count). The molecule has 0 heterocycles. The Bertz CT molecular complexity index is 74.0. The fraction of sp³-hybridized carbons (Fsp3) is 1.00. The van der Waals surface area contributed by atoms with Gasteiger partial charge in [0.25, 0.3) is 0 Å². The Morgan fingerprint density at radius 2 is 1.60 bits per heavy atom. The van der Waals surface area contributed by atoms with Crippen LogP contribution in [0.4, 0.5) is 0 Å². The second kappa shape index (κ2) is 6.43. The Morgan fingerprint density at radius 3 is 1.70 bits per heavy atom. The quantitative estimate of drug-likeness (QED) is 0.662. The van der Waals surface area contributed by atoms with E-state index in [1.807, 2.05) is 0 Å². The van der Waals surface area contributed by atoms with E-state index in [4.69, 9.17) is 5.11 Å². The summed E-state index contributed by atoms with van der Waals surface area (Å²) in [5.41, 5.74) is 0. The topological polar surface area (TPSA) is 47.9 Å². The molecule has 0 aromatic heterocycles. The van der Waals surface area contributed by atoms with Crippen molar-refractivity contribution in [3.05, 3.63) is 0 Å². The number of hydrogen-bond donors (Lipinski definition) is 1. The first-order valence-electron chi connectivity index (χ1n) is 2.50. The standard InChI is InChI=1S/C5H12O4.Zr/c1-7-4-5(6,8-2)9-3;/h6H,4H2,1-3H3;. The molecule has 60 valence electrons. The van der Waals surface area contributed by atoms with Gasteiger partial charge in [-0.05, 0) is 0 Å². The van der Waals surface area contributed by atoms with E-state index in [1.165, 1.54) is 21.3 Å². The van der Waals surface area contributed by atoms with Crippen molar-refractivity contribution < 1.29 is 45.5 Å². The molecular weight excluding hydrogens is 215 g/mol. The molecule has 5 heteroatoms. The minimum absolute atomic E-state index is 0. The van der Waals surface area contributed by atoms with E-state index < -0.39 is 5.97 Å². The summed E-state index contributed by atoms with van der Waals surface area (Å²) in [7, 11) is 4.12. The molecule has 0 aromatic carbocycles.